The van der Waals surface area contributed by atoms with E-state index in [2.05, 4.69) is 9.56 Å². The summed E-state index contributed by atoms with van der Waals surface area (Å²) in [7, 11) is 1.65. The maximum absolute atomic E-state index is 12.5. The molecule has 0 saturated carbocycles. The zero-order valence-electron chi connectivity index (χ0n) is 16.1. The Kier molecular flexibility index (Phi) is 4.47. The number of aliphatic imine (C=N–C) groups is 1. The van der Waals surface area contributed by atoms with E-state index in [1.165, 1.54) is 11.8 Å². The van der Waals surface area contributed by atoms with Crippen molar-refractivity contribution < 1.29 is 9.53 Å². The highest BCUT2D eigenvalue weighted by atomic mass is 32.2. The first kappa shape index (κ1) is 18.3. The molecule has 142 valence electrons. The number of thioether (sulfide) groups is 1. The van der Waals surface area contributed by atoms with Crippen LogP contribution in [0.2, 0.25) is 0 Å². The lowest BCUT2D eigenvalue weighted by atomic mass is 10.1. The van der Waals surface area contributed by atoms with Gasteiger partial charge in [0.05, 0.1) is 12.7 Å². The minimum atomic E-state index is -0.377. The van der Waals surface area contributed by atoms with Gasteiger partial charge in [0.15, 0.2) is 5.17 Å². The summed E-state index contributed by atoms with van der Waals surface area (Å²) in [6.07, 6.45) is 1.76. The summed E-state index contributed by atoms with van der Waals surface area (Å²) < 4.78 is 7.45. The number of carbonyl (C=O) groups excluding carboxylic acids is 1. The first-order valence-corrected chi connectivity index (χ1v) is 9.69. The maximum Gasteiger partial charge on any atom is 0.283 e. The Labute approximate surface area is 167 Å². The highest BCUT2D eigenvalue weighted by Crippen LogP contribution is 2.32. The molecule has 6 nitrogen and oxygen atoms in total. The predicted molar refractivity (Wildman–Crippen MR) is 113 cm³/mol. The quantitative estimate of drug-likeness (QED) is 0.792. The second-order valence-corrected chi connectivity index (χ2v) is 7.52. The third-order valence-corrected chi connectivity index (χ3v) is 5.81. The molecule has 1 aromatic heterocycles. The number of benzene rings is 1. The fraction of sp³-hybridized carbons (Fsp3) is 0.190. The summed E-state index contributed by atoms with van der Waals surface area (Å²) in [5.41, 5.74) is 5.08. The maximum atomic E-state index is 12.5. The number of hydrogen-bond acceptors (Lipinski definition) is 4. The molecule has 1 N–H and O–H groups in total. The fourth-order valence-corrected chi connectivity index (χ4v) is 4.34. The minimum Gasteiger partial charge on any atom is -0.497 e. The lowest BCUT2D eigenvalue weighted by Crippen LogP contribution is -2.37. The molecule has 1 aromatic carbocycles. The predicted octanol–water partition coefficient (Wildman–Crippen LogP) is 4.27. The van der Waals surface area contributed by atoms with Crippen molar-refractivity contribution in [3.8, 4) is 11.4 Å². The van der Waals surface area contributed by atoms with E-state index in [-0.39, 0.29) is 11.7 Å². The van der Waals surface area contributed by atoms with Gasteiger partial charge in [-0.2, -0.15) is 4.99 Å². The van der Waals surface area contributed by atoms with Crippen LogP contribution in [0, 0.1) is 19.3 Å². The van der Waals surface area contributed by atoms with Gasteiger partial charge in [-0.3, -0.25) is 15.1 Å². The van der Waals surface area contributed by atoms with Gasteiger partial charge in [0.25, 0.3) is 5.91 Å². The largest absolute Gasteiger partial charge is 0.497 e. The Bertz CT molecular complexity index is 1110. The van der Waals surface area contributed by atoms with E-state index in [1.807, 2.05) is 56.5 Å². The van der Waals surface area contributed by atoms with Gasteiger partial charge in [0.1, 0.15) is 11.6 Å². The second kappa shape index (κ2) is 6.83. The Hall–Kier alpha value is -3.06. The van der Waals surface area contributed by atoms with E-state index < -0.39 is 0 Å². The molecule has 2 aromatic rings. The number of nitrogens with zero attached hydrogens (tertiary/aromatic N) is 3. The highest BCUT2D eigenvalue weighted by Gasteiger charge is 2.34. The molecule has 0 fully saturated rings. The van der Waals surface area contributed by atoms with E-state index in [0.717, 1.165) is 34.1 Å². The van der Waals surface area contributed by atoms with Crippen molar-refractivity contribution in [3.05, 3.63) is 64.0 Å². The lowest BCUT2D eigenvalue weighted by Gasteiger charge is -2.25. The van der Waals surface area contributed by atoms with Crippen molar-refractivity contribution in [1.82, 2.24) is 9.47 Å². The van der Waals surface area contributed by atoms with Gasteiger partial charge >= 0.3 is 0 Å². The molecule has 0 bridgehead atoms. The van der Waals surface area contributed by atoms with E-state index in [1.54, 1.807) is 18.1 Å². The average molecular weight is 392 g/mol. The van der Waals surface area contributed by atoms with E-state index in [4.69, 9.17) is 10.1 Å². The number of aromatic nitrogens is 1. The van der Waals surface area contributed by atoms with Crippen molar-refractivity contribution in [2.75, 3.05) is 7.11 Å². The van der Waals surface area contributed by atoms with Crippen LogP contribution in [-0.4, -0.2) is 33.5 Å². The van der Waals surface area contributed by atoms with Gasteiger partial charge in [0, 0.05) is 28.8 Å². The molecular formula is C21H20N4O2S. The number of rotatable bonds is 3. The van der Waals surface area contributed by atoms with E-state index in [9.17, 15) is 4.79 Å². The van der Waals surface area contributed by atoms with Gasteiger partial charge in [-0.05, 0) is 56.0 Å². The van der Waals surface area contributed by atoms with E-state index >= 15 is 0 Å². The van der Waals surface area contributed by atoms with Gasteiger partial charge < -0.3 is 9.30 Å². The summed E-state index contributed by atoms with van der Waals surface area (Å²) >= 11 is 1.37. The molecule has 4 rings (SSSR count). The molecule has 0 unspecified atom stereocenters. The van der Waals surface area contributed by atoms with Crippen molar-refractivity contribution in [2.45, 2.75) is 20.8 Å². The van der Waals surface area contributed by atoms with Gasteiger partial charge in [-0.25, -0.2) is 0 Å². The zero-order valence-corrected chi connectivity index (χ0v) is 16.9. The monoisotopic (exact) mass is 392 g/mol. The average Bonchev–Trinajstić information content (AvgIpc) is 3.17. The van der Waals surface area contributed by atoms with Gasteiger partial charge in [-0.1, -0.05) is 17.8 Å². The first-order valence-electron chi connectivity index (χ1n) is 8.81. The molecule has 0 atom stereocenters. The third kappa shape index (κ3) is 2.88. The first-order chi connectivity index (χ1) is 13.4. The number of amides is 1. The Morgan fingerprint density at radius 1 is 1.21 bits per heavy atom. The molecule has 28 heavy (non-hydrogen) atoms. The van der Waals surface area contributed by atoms with Crippen LogP contribution >= 0.6 is 11.8 Å². The number of methoxy groups -OCH3 is 1. The highest BCUT2D eigenvalue weighted by molar-refractivity contribution is 8.16. The molecule has 3 heterocycles. The SMILES string of the molecule is COc1cccc(-n2c(C)cc(/C=C3\C(=N)N4C(C)=CSC4=NC3=O)c2C)c1. The van der Waals surface area contributed by atoms with Crippen LogP contribution in [0.4, 0.5) is 0 Å². The van der Waals surface area contributed by atoms with Crippen molar-refractivity contribution >= 4 is 34.7 Å². The van der Waals surface area contributed by atoms with Crippen LogP contribution in [-0.2, 0) is 4.79 Å². The van der Waals surface area contributed by atoms with Crippen LogP contribution in [0.5, 0.6) is 5.75 Å². The number of allylic oxidation sites excluding steroid dienone is 1. The second-order valence-electron chi connectivity index (χ2n) is 6.68. The summed E-state index contributed by atoms with van der Waals surface area (Å²) in [4.78, 5) is 18.4. The molecule has 1 amide bonds. The molecule has 2 aliphatic rings. The van der Waals surface area contributed by atoms with Crippen LogP contribution in [0.25, 0.3) is 11.8 Å². The summed E-state index contributed by atoms with van der Waals surface area (Å²) in [5.74, 6) is 0.572. The van der Waals surface area contributed by atoms with Crippen LogP contribution in [0.3, 0.4) is 0 Å². The number of fused-ring (bicyclic) bond motifs is 1. The van der Waals surface area contributed by atoms with Gasteiger partial charge in [-0.15, -0.1) is 0 Å². The zero-order chi connectivity index (χ0) is 20.0. The lowest BCUT2D eigenvalue weighted by molar-refractivity contribution is -0.114. The molecule has 7 heteroatoms. The van der Waals surface area contributed by atoms with Crippen LogP contribution in [0.1, 0.15) is 23.9 Å². The van der Waals surface area contributed by atoms with Gasteiger partial charge in [0.2, 0.25) is 0 Å². The standard InChI is InChI=1S/C21H20N4O2S/c1-12-8-15(14(3)24(12)16-6-5-7-17(10-16)27-4)9-18-19(22)25-13(2)11-28-21(25)23-20(18)26/h5-11,22H,1-4H3/b18-9+,22-19?. The normalized spacial score (nSPS) is 17.7. The van der Waals surface area contributed by atoms with Crippen molar-refractivity contribution in [1.29, 1.82) is 5.41 Å². The Morgan fingerprint density at radius 3 is 2.75 bits per heavy atom. The number of carbonyl (C=O) groups is 1. The molecule has 2 aliphatic heterocycles. The summed E-state index contributed by atoms with van der Waals surface area (Å²) in [6, 6.07) is 9.85. The molecule has 0 radical (unpaired) electrons. The summed E-state index contributed by atoms with van der Waals surface area (Å²) in [5, 5.41) is 11.0. The number of amidine groups is 2. The number of aryl methyl sites for hydroxylation is 1. The number of ether oxygens (including phenoxy) is 1. The molecule has 0 saturated heterocycles. The minimum absolute atomic E-state index is 0.167. The van der Waals surface area contributed by atoms with Crippen molar-refractivity contribution in [3.63, 3.8) is 0 Å². The smallest absolute Gasteiger partial charge is 0.283 e. The molecular weight excluding hydrogens is 372 g/mol. The number of nitrogens with one attached hydrogen (secondary N) is 1. The fourth-order valence-electron chi connectivity index (χ4n) is 3.48. The van der Waals surface area contributed by atoms with E-state index in [0.29, 0.717) is 10.7 Å². The third-order valence-electron chi connectivity index (χ3n) is 4.87. The van der Waals surface area contributed by atoms with Crippen LogP contribution in [0.15, 0.2) is 52.0 Å². The Morgan fingerprint density at radius 2 is 2.00 bits per heavy atom. The van der Waals surface area contributed by atoms with Crippen molar-refractivity contribution in [2.24, 2.45) is 4.99 Å². The van der Waals surface area contributed by atoms with Crippen LogP contribution < -0.4 is 4.74 Å². The molecule has 0 aliphatic carbocycles. The topological polar surface area (TPSA) is 70.7 Å². The molecule has 0 spiro atoms. The summed E-state index contributed by atoms with van der Waals surface area (Å²) in [6.45, 7) is 5.93. The Balaban J connectivity index is 1.78. The number of hydrogen-bond donors (Lipinski definition) is 1.